The number of ketones is 1. The van der Waals surface area contributed by atoms with E-state index in [2.05, 4.69) is 0 Å². The van der Waals surface area contributed by atoms with E-state index in [1.54, 1.807) is 30.3 Å². The molecule has 0 saturated carbocycles. The van der Waals surface area contributed by atoms with Crippen molar-refractivity contribution in [3.8, 4) is 11.5 Å². The topological polar surface area (TPSA) is 38.8 Å². The molecule has 0 radical (unpaired) electrons. The summed E-state index contributed by atoms with van der Waals surface area (Å²) < 4.78 is 10.4. The molecular formula is C14H19NO3. The zero-order valence-electron chi connectivity index (χ0n) is 11.5. The number of ether oxygens (including phenoxy) is 2. The minimum Gasteiger partial charge on any atom is -0.496 e. The van der Waals surface area contributed by atoms with Gasteiger partial charge in [0.2, 0.25) is 0 Å². The Bertz CT molecular complexity index is 464. The van der Waals surface area contributed by atoms with Crippen molar-refractivity contribution in [2.45, 2.75) is 6.92 Å². The van der Waals surface area contributed by atoms with Crippen LogP contribution in [0.3, 0.4) is 0 Å². The van der Waals surface area contributed by atoms with Crippen molar-refractivity contribution in [2.24, 2.45) is 0 Å². The predicted octanol–water partition coefficient (Wildman–Crippen LogP) is 2.27. The number of hydrogen-bond acceptors (Lipinski definition) is 4. The van der Waals surface area contributed by atoms with Crippen LogP contribution in [0.25, 0.3) is 0 Å². The Balaban J connectivity index is 3.15. The lowest BCUT2D eigenvalue weighted by molar-refractivity contribution is 0.104. The van der Waals surface area contributed by atoms with Gasteiger partial charge in [-0.3, -0.25) is 4.79 Å². The fourth-order valence-electron chi connectivity index (χ4n) is 1.56. The molecule has 0 aromatic heterocycles. The molecule has 4 heteroatoms. The van der Waals surface area contributed by atoms with Crippen LogP contribution >= 0.6 is 0 Å². The van der Waals surface area contributed by atoms with Crippen LogP contribution in [0.1, 0.15) is 15.9 Å². The van der Waals surface area contributed by atoms with Gasteiger partial charge in [-0.05, 0) is 18.6 Å². The summed E-state index contributed by atoms with van der Waals surface area (Å²) in [7, 11) is 6.85. The van der Waals surface area contributed by atoms with Gasteiger partial charge in [0.15, 0.2) is 5.78 Å². The molecule has 0 aliphatic rings. The largest absolute Gasteiger partial charge is 0.496 e. The average Bonchev–Trinajstić information content (AvgIpc) is 2.35. The molecule has 1 aromatic rings. The second-order valence-electron chi connectivity index (χ2n) is 4.17. The molecule has 0 aliphatic heterocycles. The first kappa shape index (κ1) is 14.1. The molecule has 4 nitrogen and oxygen atoms in total. The van der Waals surface area contributed by atoms with Gasteiger partial charge >= 0.3 is 0 Å². The SMILES string of the molecule is COc1cc(OC)c(C(=O)C=CN(C)C)cc1C. The smallest absolute Gasteiger partial charge is 0.191 e. The molecule has 1 rings (SSSR count). The van der Waals surface area contributed by atoms with E-state index in [1.165, 1.54) is 13.2 Å². The third-order valence-electron chi connectivity index (χ3n) is 2.51. The van der Waals surface area contributed by atoms with Crippen LogP contribution in [0.4, 0.5) is 0 Å². The third-order valence-corrected chi connectivity index (χ3v) is 2.51. The van der Waals surface area contributed by atoms with E-state index < -0.39 is 0 Å². The second kappa shape index (κ2) is 6.10. The van der Waals surface area contributed by atoms with Crippen LogP contribution in [0.15, 0.2) is 24.4 Å². The van der Waals surface area contributed by atoms with Crippen molar-refractivity contribution in [1.82, 2.24) is 4.90 Å². The van der Waals surface area contributed by atoms with Crippen molar-refractivity contribution in [2.75, 3.05) is 28.3 Å². The monoisotopic (exact) mass is 249 g/mol. The second-order valence-corrected chi connectivity index (χ2v) is 4.17. The van der Waals surface area contributed by atoms with Crippen LogP contribution in [0, 0.1) is 6.92 Å². The summed E-state index contributed by atoms with van der Waals surface area (Å²) in [5.74, 6) is 1.14. The van der Waals surface area contributed by atoms with Gasteiger partial charge in [-0.1, -0.05) is 0 Å². The van der Waals surface area contributed by atoms with Crippen LogP contribution in [-0.2, 0) is 0 Å². The summed E-state index contributed by atoms with van der Waals surface area (Å²) in [5, 5.41) is 0. The minimum absolute atomic E-state index is 0.0914. The minimum atomic E-state index is -0.0914. The molecule has 0 amide bonds. The lowest BCUT2D eigenvalue weighted by atomic mass is 10.1. The Morgan fingerprint density at radius 1 is 1.17 bits per heavy atom. The summed E-state index contributed by atoms with van der Waals surface area (Å²) in [4.78, 5) is 13.9. The van der Waals surface area contributed by atoms with Crippen LogP contribution in [0.2, 0.25) is 0 Å². The van der Waals surface area contributed by atoms with Gasteiger partial charge in [-0.2, -0.15) is 0 Å². The first-order valence-electron chi connectivity index (χ1n) is 5.61. The highest BCUT2D eigenvalue weighted by Crippen LogP contribution is 2.29. The van der Waals surface area contributed by atoms with E-state index in [4.69, 9.17) is 9.47 Å². The molecule has 0 aliphatic carbocycles. The van der Waals surface area contributed by atoms with Gasteiger partial charge in [-0.15, -0.1) is 0 Å². The van der Waals surface area contributed by atoms with E-state index in [-0.39, 0.29) is 5.78 Å². The van der Waals surface area contributed by atoms with Crippen molar-refractivity contribution < 1.29 is 14.3 Å². The fourth-order valence-corrected chi connectivity index (χ4v) is 1.56. The van der Waals surface area contributed by atoms with Gasteiger partial charge in [0.05, 0.1) is 19.8 Å². The first-order chi connectivity index (χ1) is 8.49. The molecule has 0 heterocycles. The molecule has 0 N–H and O–H groups in total. The molecule has 0 bridgehead atoms. The number of aryl methyl sites for hydroxylation is 1. The lowest BCUT2D eigenvalue weighted by Crippen LogP contribution is -2.05. The van der Waals surface area contributed by atoms with E-state index >= 15 is 0 Å². The normalized spacial score (nSPS) is 10.5. The molecule has 0 spiro atoms. The summed E-state index contributed by atoms with van der Waals surface area (Å²) in [6.07, 6.45) is 3.23. The van der Waals surface area contributed by atoms with Crippen molar-refractivity contribution in [3.63, 3.8) is 0 Å². The van der Waals surface area contributed by atoms with Crippen molar-refractivity contribution in [3.05, 3.63) is 35.5 Å². The van der Waals surface area contributed by atoms with Gasteiger partial charge in [0.1, 0.15) is 11.5 Å². The molecule has 0 saturated heterocycles. The first-order valence-corrected chi connectivity index (χ1v) is 5.61. The summed E-state index contributed by atoms with van der Waals surface area (Å²) in [5.41, 5.74) is 1.44. The standard InChI is InChI=1S/C14H19NO3/c1-10-8-11(12(16)6-7-15(2)3)14(18-5)9-13(10)17-4/h6-9H,1-5H3. The Kier molecular flexibility index (Phi) is 4.77. The van der Waals surface area contributed by atoms with E-state index in [0.29, 0.717) is 17.1 Å². The highest BCUT2D eigenvalue weighted by molar-refractivity contribution is 6.06. The number of benzene rings is 1. The van der Waals surface area contributed by atoms with E-state index in [1.807, 2.05) is 21.0 Å². The highest BCUT2D eigenvalue weighted by atomic mass is 16.5. The molecule has 0 unspecified atom stereocenters. The zero-order valence-corrected chi connectivity index (χ0v) is 11.5. The fraction of sp³-hybridized carbons (Fsp3) is 0.357. The molecule has 0 fully saturated rings. The third kappa shape index (κ3) is 3.26. The number of hydrogen-bond donors (Lipinski definition) is 0. The van der Waals surface area contributed by atoms with Crippen LogP contribution in [0.5, 0.6) is 11.5 Å². The number of rotatable bonds is 5. The quantitative estimate of drug-likeness (QED) is 0.593. The maximum absolute atomic E-state index is 12.0. The summed E-state index contributed by atoms with van der Waals surface area (Å²) >= 11 is 0. The Morgan fingerprint density at radius 3 is 2.28 bits per heavy atom. The Morgan fingerprint density at radius 2 is 1.78 bits per heavy atom. The predicted molar refractivity (Wildman–Crippen MR) is 71.4 cm³/mol. The highest BCUT2D eigenvalue weighted by Gasteiger charge is 2.13. The van der Waals surface area contributed by atoms with Crippen LogP contribution < -0.4 is 9.47 Å². The number of methoxy groups -OCH3 is 2. The van der Waals surface area contributed by atoms with Gasteiger partial charge < -0.3 is 14.4 Å². The Labute approximate surface area is 108 Å². The van der Waals surface area contributed by atoms with Crippen LogP contribution in [-0.4, -0.2) is 39.0 Å². The van der Waals surface area contributed by atoms with E-state index in [0.717, 1.165) is 5.56 Å². The van der Waals surface area contributed by atoms with Gasteiger partial charge in [0, 0.05) is 32.4 Å². The maximum Gasteiger partial charge on any atom is 0.191 e. The van der Waals surface area contributed by atoms with Crippen molar-refractivity contribution in [1.29, 1.82) is 0 Å². The number of carbonyl (C=O) groups excluding carboxylic acids is 1. The van der Waals surface area contributed by atoms with Gasteiger partial charge in [0.25, 0.3) is 0 Å². The molecule has 1 aromatic carbocycles. The molecule has 0 atom stereocenters. The number of nitrogens with zero attached hydrogens (tertiary/aromatic N) is 1. The van der Waals surface area contributed by atoms with E-state index in [9.17, 15) is 4.79 Å². The zero-order chi connectivity index (χ0) is 13.7. The molecular weight excluding hydrogens is 230 g/mol. The summed E-state index contributed by atoms with van der Waals surface area (Å²) in [6, 6.07) is 3.51. The van der Waals surface area contributed by atoms with Gasteiger partial charge in [-0.25, -0.2) is 0 Å². The lowest BCUT2D eigenvalue weighted by Gasteiger charge is -2.11. The molecule has 98 valence electrons. The van der Waals surface area contributed by atoms with Crippen molar-refractivity contribution >= 4 is 5.78 Å². The Hall–Kier alpha value is -1.97. The summed E-state index contributed by atoms with van der Waals surface area (Å²) in [6.45, 7) is 1.89. The average molecular weight is 249 g/mol. The number of allylic oxidation sites excluding steroid dienone is 1. The number of carbonyl (C=O) groups is 1. The molecule has 18 heavy (non-hydrogen) atoms. The maximum atomic E-state index is 12.0.